The number of carboxylic acid groups (broad SMARTS) is 1. The van der Waals surface area contributed by atoms with Gasteiger partial charge in [0.05, 0.1) is 11.6 Å². The summed E-state index contributed by atoms with van der Waals surface area (Å²) in [5, 5.41) is 9.62. The summed E-state index contributed by atoms with van der Waals surface area (Å²) in [5.74, 6) is -0.492. The molecule has 0 saturated heterocycles. The third kappa shape index (κ3) is 2.51. The van der Waals surface area contributed by atoms with Gasteiger partial charge in [-0.3, -0.25) is 4.79 Å². The van der Waals surface area contributed by atoms with Crippen molar-refractivity contribution in [3.63, 3.8) is 0 Å². The maximum Gasteiger partial charge on any atom is 0.341 e. The molecule has 2 aromatic rings. The molecule has 0 atom stereocenters. The summed E-state index contributed by atoms with van der Waals surface area (Å²) in [7, 11) is 0. The minimum Gasteiger partial charge on any atom is -0.491 e. The van der Waals surface area contributed by atoms with Crippen molar-refractivity contribution in [3.05, 3.63) is 40.2 Å². The first kappa shape index (κ1) is 13.7. The molecule has 1 aliphatic rings. The highest BCUT2D eigenvalue weighted by Crippen LogP contribution is 2.37. The van der Waals surface area contributed by atoms with Gasteiger partial charge in [-0.2, -0.15) is 0 Å². The van der Waals surface area contributed by atoms with E-state index >= 15 is 0 Å². The molecule has 1 aromatic heterocycles. The molecule has 5 heteroatoms. The van der Waals surface area contributed by atoms with E-state index in [2.05, 4.69) is 0 Å². The van der Waals surface area contributed by atoms with Crippen molar-refractivity contribution in [1.82, 2.24) is 4.57 Å². The highest BCUT2D eigenvalue weighted by Gasteiger charge is 2.26. The van der Waals surface area contributed by atoms with Gasteiger partial charge in [0.2, 0.25) is 5.43 Å². The second-order valence-corrected chi connectivity index (χ2v) is 5.66. The van der Waals surface area contributed by atoms with Gasteiger partial charge in [-0.25, -0.2) is 4.79 Å². The maximum absolute atomic E-state index is 12.3. The van der Waals surface area contributed by atoms with Crippen molar-refractivity contribution >= 4 is 16.9 Å². The summed E-state index contributed by atoms with van der Waals surface area (Å²) in [6.45, 7) is 3.87. The van der Waals surface area contributed by atoms with Gasteiger partial charge in [0, 0.05) is 23.7 Å². The summed E-state index contributed by atoms with van der Waals surface area (Å²) in [6, 6.07) is 5.47. The first-order chi connectivity index (χ1) is 9.97. The zero-order chi connectivity index (χ0) is 15.1. The first-order valence-electron chi connectivity index (χ1n) is 7.06. The summed E-state index contributed by atoms with van der Waals surface area (Å²) in [4.78, 5) is 23.5. The number of pyridine rings is 1. The molecule has 1 aromatic carbocycles. The molecule has 5 nitrogen and oxygen atoms in total. The van der Waals surface area contributed by atoms with E-state index < -0.39 is 11.4 Å². The van der Waals surface area contributed by atoms with Crippen molar-refractivity contribution in [1.29, 1.82) is 0 Å². The van der Waals surface area contributed by atoms with E-state index in [1.165, 1.54) is 6.20 Å². The fraction of sp³-hybridized carbons (Fsp3) is 0.375. The molecule has 1 heterocycles. The van der Waals surface area contributed by atoms with Crippen LogP contribution in [0.25, 0.3) is 10.9 Å². The summed E-state index contributed by atoms with van der Waals surface area (Å²) in [6.07, 6.45) is 3.52. The second-order valence-electron chi connectivity index (χ2n) is 5.66. The molecular formula is C16H17NO4. The second kappa shape index (κ2) is 4.91. The van der Waals surface area contributed by atoms with E-state index in [1.54, 1.807) is 12.1 Å². The van der Waals surface area contributed by atoms with Crippen molar-refractivity contribution in [2.45, 2.75) is 38.8 Å². The lowest BCUT2D eigenvalue weighted by Gasteiger charge is -2.14. The highest BCUT2D eigenvalue weighted by atomic mass is 16.5. The Labute approximate surface area is 121 Å². The highest BCUT2D eigenvalue weighted by molar-refractivity contribution is 5.93. The smallest absolute Gasteiger partial charge is 0.341 e. The molecule has 1 aliphatic carbocycles. The van der Waals surface area contributed by atoms with Crippen LogP contribution in [0.5, 0.6) is 5.75 Å². The fourth-order valence-corrected chi connectivity index (χ4v) is 2.48. The van der Waals surface area contributed by atoms with Gasteiger partial charge in [-0.05, 0) is 38.8 Å². The third-order valence-electron chi connectivity index (χ3n) is 3.55. The molecule has 21 heavy (non-hydrogen) atoms. The quantitative estimate of drug-likeness (QED) is 0.938. The fourth-order valence-electron chi connectivity index (χ4n) is 2.48. The van der Waals surface area contributed by atoms with Gasteiger partial charge in [-0.1, -0.05) is 0 Å². The van der Waals surface area contributed by atoms with E-state index in [4.69, 9.17) is 4.74 Å². The van der Waals surface area contributed by atoms with Crippen LogP contribution in [-0.2, 0) is 0 Å². The molecule has 0 radical (unpaired) electrons. The first-order valence-corrected chi connectivity index (χ1v) is 7.06. The average molecular weight is 287 g/mol. The van der Waals surface area contributed by atoms with Crippen molar-refractivity contribution in [2.24, 2.45) is 0 Å². The van der Waals surface area contributed by atoms with Gasteiger partial charge in [0.25, 0.3) is 0 Å². The van der Waals surface area contributed by atoms with Gasteiger partial charge in [-0.15, -0.1) is 0 Å². The lowest BCUT2D eigenvalue weighted by atomic mass is 10.1. The lowest BCUT2D eigenvalue weighted by molar-refractivity contribution is 0.0695. The van der Waals surface area contributed by atoms with Crippen LogP contribution in [0.15, 0.2) is 29.2 Å². The number of hydrogen-bond acceptors (Lipinski definition) is 3. The Balaban J connectivity index is 2.25. The molecular weight excluding hydrogens is 270 g/mol. The standard InChI is InChI=1S/C16H17NO4/c1-9(2)21-11-5-6-12-14(7-11)17(10-3-4-10)8-13(15(12)18)16(19)20/h5-10H,3-4H2,1-2H3,(H,19,20). The van der Waals surface area contributed by atoms with Crippen LogP contribution in [-0.4, -0.2) is 21.7 Å². The third-order valence-corrected chi connectivity index (χ3v) is 3.55. The number of rotatable bonds is 4. The molecule has 1 saturated carbocycles. The molecule has 1 fully saturated rings. The van der Waals surface area contributed by atoms with Gasteiger partial charge in [0.1, 0.15) is 11.3 Å². The molecule has 1 N–H and O–H groups in total. The van der Waals surface area contributed by atoms with Crippen molar-refractivity contribution in [3.8, 4) is 5.75 Å². The number of benzene rings is 1. The minimum atomic E-state index is -1.18. The van der Waals surface area contributed by atoms with Crippen molar-refractivity contribution < 1.29 is 14.6 Å². The van der Waals surface area contributed by atoms with Crippen LogP contribution in [0.1, 0.15) is 43.1 Å². The van der Waals surface area contributed by atoms with E-state index in [-0.39, 0.29) is 17.7 Å². The summed E-state index contributed by atoms with van der Waals surface area (Å²) >= 11 is 0. The number of nitrogens with zero attached hydrogens (tertiary/aromatic N) is 1. The molecule has 110 valence electrons. The average Bonchev–Trinajstić information content (AvgIpc) is 3.22. The molecule has 3 rings (SSSR count). The topological polar surface area (TPSA) is 68.5 Å². The Morgan fingerprint density at radius 1 is 1.38 bits per heavy atom. The van der Waals surface area contributed by atoms with Crippen molar-refractivity contribution in [2.75, 3.05) is 0 Å². The van der Waals surface area contributed by atoms with Gasteiger partial charge >= 0.3 is 5.97 Å². The Morgan fingerprint density at radius 3 is 2.67 bits per heavy atom. The number of aromatic nitrogens is 1. The van der Waals surface area contributed by atoms with Crippen LogP contribution in [0.3, 0.4) is 0 Å². The minimum absolute atomic E-state index is 0.0434. The van der Waals surface area contributed by atoms with Crippen LogP contribution < -0.4 is 10.2 Å². The van der Waals surface area contributed by atoms with Crippen LogP contribution in [0.2, 0.25) is 0 Å². The van der Waals surface area contributed by atoms with Gasteiger partial charge in [0.15, 0.2) is 0 Å². The van der Waals surface area contributed by atoms with E-state index in [0.717, 1.165) is 18.4 Å². The normalized spacial score (nSPS) is 14.6. The molecule has 0 amide bonds. The monoisotopic (exact) mass is 287 g/mol. The number of fused-ring (bicyclic) bond motifs is 1. The predicted octanol–water partition coefficient (Wildman–Crippen LogP) is 2.82. The number of ether oxygens (including phenoxy) is 1. The number of carboxylic acids is 1. The van der Waals surface area contributed by atoms with Crippen LogP contribution in [0, 0.1) is 0 Å². The molecule has 0 aliphatic heterocycles. The maximum atomic E-state index is 12.3. The lowest BCUT2D eigenvalue weighted by Crippen LogP contribution is -2.18. The van der Waals surface area contributed by atoms with Crippen LogP contribution in [0.4, 0.5) is 0 Å². The van der Waals surface area contributed by atoms with Crippen LogP contribution >= 0.6 is 0 Å². The molecule has 0 spiro atoms. The number of hydrogen-bond donors (Lipinski definition) is 1. The Bertz CT molecular complexity index is 772. The Hall–Kier alpha value is -2.30. The SMILES string of the molecule is CC(C)Oc1ccc2c(=O)c(C(=O)O)cn(C3CC3)c2c1. The Morgan fingerprint density at radius 2 is 2.10 bits per heavy atom. The zero-order valence-electron chi connectivity index (χ0n) is 12.0. The van der Waals surface area contributed by atoms with E-state index in [1.807, 2.05) is 24.5 Å². The Kier molecular flexibility index (Phi) is 3.20. The van der Waals surface area contributed by atoms with Gasteiger partial charge < -0.3 is 14.4 Å². The molecule has 0 bridgehead atoms. The predicted molar refractivity (Wildman–Crippen MR) is 79.2 cm³/mol. The number of carbonyl (C=O) groups is 1. The summed E-state index contributed by atoms with van der Waals surface area (Å²) in [5.41, 5.74) is 0.128. The largest absolute Gasteiger partial charge is 0.491 e. The summed E-state index contributed by atoms with van der Waals surface area (Å²) < 4.78 is 7.56. The van der Waals surface area contributed by atoms with E-state index in [0.29, 0.717) is 11.1 Å². The molecule has 0 unspecified atom stereocenters. The number of aromatic carboxylic acids is 1. The zero-order valence-corrected chi connectivity index (χ0v) is 12.0. The van der Waals surface area contributed by atoms with E-state index in [9.17, 15) is 14.7 Å².